The van der Waals surface area contributed by atoms with Crippen molar-refractivity contribution in [2.24, 2.45) is 0 Å². The maximum absolute atomic E-state index is 12.9. The molecule has 0 amide bonds. The molecule has 1 fully saturated rings. The summed E-state index contributed by atoms with van der Waals surface area (Å²) >= 11 is 12.4. The van der Waals surface area contributed by atoms with E-state index in [2.05, 4.69) is 7.05 Å². The van der Waals surface area contributed by atoms with Crippen molar-refractivity contribution in [3.8, 4) is 11.5 Å². The number of hydrogen-bond donors (Lipinski definition) is 3. The summed E-state index contributed by atoms with van der Waals surface area (Å²) in [6, 6.07) is 8.34. The Morgan fingerprint density at radius 2 is 1.79 bits per heavy atom. The fourth-order valence-corrected chi connectivity index (χ4v) is 4.21. The lowest BCUT2D eigenvalue weighted by molar-refractivity contribution is -1.01. The lowest BCUT2D eigenvalue weighted by Crippen LogP contribution is -3.26. The van der Waals surface area contributed by atoms with Gasteiger partial charge in [-0.15, -0.1) is 0 Å². The number of Topliss-reactive ketones (excluding diaryl/α,β-unsaturated/α-hetero) is 1. The van der Waals surface area contributed by atoms with Gasteiger partial charge in [-0.3, -0.25) is 4.79 Å². The summed E-state index contributed by atoms with van der Waals surface area (Å²) in [5.74, 6) is 0.528. The SMILES string of the molecule is C[NH+]1CC[NH+](Cc2c(O)ccc3c2O/C(=C\c2c(Cl)cccc2Cl)C3=O)CC1. The first-order valence-corrected chi connectivity index (χ1v) is 10.1. The second-order valence-corrected chi connectivity index (χ2v) is 8.21. The van der Waals surface area contributed by atoms with Crippen molar-refractivity contribution in [3.05, 3.63) is 62.8 Å². The van der Waals surface area contributed by atoms with E-state index >= 15 is 0 Å². The van der Waals surface area contributed by atoms with Gasteiger partial charge in [0.1, 0.15) is 38.5 Å². The normalized spacial score (nSPS) is 23.0. The quantitative estimate of drug-likeness (QED) is 0.654. The average Bonchev–Trinajstić information content (AvgIpc) is 2.98. The number of phenols is 1. The van der Waals surface area contributed by atoms with E-state index in [1.165, 1.54) is 9.80 Å². The summed E-state index contributed by atoms with van der Waals surface area (Å²) in [4.78, 5) is 15.7. The Morgan fingerprint density at radius 3 is 2.46 bits per heavy atom. The van der Waals surface area contributed by atoms with Gasteiger partial charge >= 0.3 is 0 Å². The monoisotopic (exact) mass is 420 g/mol. The second kappa shape index (κ2) is 7.76. The molecule has 3 N–H and O–H groups in total. The van der Waals surface area contributed by atoms with Crippen LogP contribution in [0.2, 0.25) is 10.0 Å². The molecular weight excluding hydrogens is 399 g/mol. The second-order valence-electron chi connectivity index (χ2n) is 7.40. The number of fused-ring (bicyclic) bond motifs is 1. The van der Waals surface area contributed by atoms with Gasteiger partial charge in [-0.1, -0.05) is 29.3 Å². The van der Waals surface area contributed by atoms with E-state index in [0.717, 1.165) is 26.2 Å². The molecule has 0 unspecified atom stereocenters. The molecule has 2 aliphatic heterocycles. The minimum absolute atomic E-state index is 0.155. The fourth-order valence-electron chi connectivity index (χ4n) is 3.70. The molecule has 0 aliphatic carbocycles. The third-order valence-electron chi connectivity index (χ3n) is 5.43. The number of nitrogens with one attached hydrogen (secondary N) is 2. The van der Waals surface area contributed by atoms with Crippen molar-refractivity contribution in [2.45, 2.75) is 6.54 Å². The Bertz CT molecular complexity index is 946. The van der Waals surface area contributed by atoms with Crippen LogP contribution in [0.4, 0.5) is 0 Å². The lowest BCUT2D eigenvalue weighted by atomic mass is 10.0. The van der Waals surface area contributed by atoms with Gasteiger partial charge in [0.15, 0.2) is 11.5 Å². The van der Waals surface area contributed by atoms with E-state index in [-0.39, 0.29) is 17.3 Å². The lowest BCUT2D eigenvalue weighted by Gasteiger charge is -2.27. The van der Waals surface area contributed by atoms with Crippen molar-refractivity contribution >= 4 is 35.1 Å². The van der Waals surface area contributed by atoms with Gasteiger partial charge in [0, 0.05) is 15.6 Å². The standard InChI is InChI=1S/C21H20Cl2N2O3/c1-24-7-9-25(10-8-24)12-15-18(26)6-5-13-20(27)19(28-21(13)15)11-14-16(22)3-2-4-17(14)23/h2-6,11,26H,7-10,12H2,1H3/p+2/b19-11-. The van der Waals surface area contributed by atoms with Crippen molar-refractivity contribution in [3.63, 3.8) is 0 Å². The topological polar surface area (TPSA) is 55.4 Å². The number of hydrogen-bond acceptors (Lipinski definition) is 3. The number of halogens is 2. The molecule has 0 atom stereocenters. The highest BCUT2D eigenvalue weighted by molar-refractivity contribution is 6.37. The molecule has 0 radical (unpaired) electrons. The Hall–Kier alpha value is -2.05. The third kappa shape index (κ3) is 3.63. The number of carbonyl (C=O) groups excluding carboxylic acids is 1. The largest absolute Gasteiger partial charge is 0.507 e. The van der Waals surface area contributed by atoms with Crippen LogP contribution in [-0.2, 0) is 6.54 Å². The summed E-state index contributed by atoms with van der Waals surface area (Å²) in [6.45, 7) is 4.82. The van der Waals surface area contributed by atoms with Crippen LogP contribution < -0.4 is 14.5 Å². The summed E-state index contributed by atoms with van der Waals surface area (Å²) < 4.78 is 5.92. The molecule has 2 aliphatic rings. The highest BCUT2D eigenvalue weighted by Gasteiger charge is 2.33. The number of phenolic OH excluding ortho intramolecular Hbond substituents is 1. The minimum Gasteiger partial charge on any atom is -0.507 e. The molecule has 146 valence electrons. The van der Waals surface area contributed by atoms with Gasteiger partial charge in [0.2, 0.25) is 5.78 Å². The minimum atomic E-state index is -0.231. The van der Waals surface area contributed by atoms with Crippen LogP contribution in [0.25, 0.3) is 6.08 Å². The number of carbonyl (C=O) groups is 1. The van der Waals surface area contributed by atoms with E-state index in [4.69, 9.17) is 27.9 Å². The van der Waals surface area contributed by atoms with Crippen LogP contribution in [0.1, 0.15) is 21.5 Å². The third-order valence-corrected chi connectivity index (χ3v) is 6.09. The summed E-state index contributed by atoms with van der Waals surface area (Å²) in [6.07, 6.45) is 1.57. The van der Waals surface area contributed by atoms with E-state index in [0.29, 0.717) is 39.0 Å². The zero-order valence-electron chi connectivity index (χ0n) is 15.5. The number of rotatable bonds is 3. The molecule has 28 heavy (non-hydrogen) atoms. The van der Waals surface area contributed by atoms with Gasteiger partial charge in [-0.2, -0.15) is 0 Å². The average molecular weight is 421 g/mol. The molecule has 2 aromatic carbocycles. The van der Waals surface area contributed by atoms with Crippen LogP contribution in [0.5, 0.6) is 11.5 Å². The predicted molar refractivity (Wildman–Crippen MR) is 109 cm³/mol. The van der Waals surface area contributed by atoms with Crippen molar-refractivity contribution in [1.29, 1.82) is 0 Å². The maximum atomic E-state index is 12.9. The van der Waals surface area contributed by atoms with Gasteiger partial charge in [-0.25, -0.2) is 0 Å². The van der Waals surface area contributed by atoms with Gasteiger partial charge in [0.05, 0.1) is 18.2 Å². The van der Waals surface area contributed by atoms with E-state index in [9.17, 15) is 9.90 Å². The summed E-state index contributed by atoms with van der Waals surface area (Å²) in [7, 11) is 2.19. The fraction of sp³-hybridized carbons (Fsp3) is 0.286. The molecule has 0 bridgehead atoms. The highest BCUT2D eigenvalue weighted by Crippen LogP contribution is 2.40. The molecular formula is C21H22Cl2N2O3+2. The molecule has 1 saturated heterocycles. The number of quaternary nitrogens is 2. The molecule has 5 nitrogen and oxygen atoms in total. The number of ether oxygens (including phenoxy) is 1. The molecule has 0 saturated carbocycles. The number of aromatic hydroxyl groups is 1. The molecule has 7 heteroatoms. The van der Waals surface area contributed by atoms with Crippen LogP contribution in [0.15, 0.2) is 36.1 Å². The number of ketones is 1. The summed E-state index contributed by atoms with van der Waals surface area (Å²) in [5.41, 5.74) is 1.68. The molecule has 4 rings (SSSR count). The number of piperazine rings is 1. The van der Waals surface area contributed by atoms with Crippen LogP contribution >= 0.6 is 23.2 Å². The Balaban J connectivity index is 1.66. The van der Waals surface area contributed by atoms with Crippen molar-refractivity contribution < 1.29 is 24.4 Å². The van der Waals surface area contributed by atoms with Crippen molar-refractivity contribution in [2.75, 3.05) is 33.2 Å². The summed E-state index contributed by atoms with van der Waals surface area (Å²) in [5, 5.41) is 11.3. The molecule has 2 aromatic rings. The van der Waals surface area contributed by atoms with Gasteiger partial charge in [-0.05, 0) is 30.3 Å². The van der Waals surface area contributed by atoms with Crippen LogP contribution in [-0.4, -0.2) is 44.1 Å². The Kier molecular flexibility index (Phi) is 5.34. The first-order chi connectivity index (χ1) is 13.4. The van der Waals surface area contributed by atoms with Gasteiger partial charge in [0.25, 0.3) is 0 Å². The van der Waals surface area contributed by atoms with Crippen LogP contribution in [0.3, 0.4) is 0 Å². The Morgan fingerprint density at radius 1 is 1.11 bits per heavy atom. The maximum Gasteiger partial charge on any atom is 0.231 e. The van der Waals surface area contributed by atoms with E-state index < -0.39 is 0 Å². The van der Waals surface area contributed by atoms with Crippen LogP contribution in [0, 0.1) is 0 Å². The Labute approximate surface area is 173 Å². The predicted octanol–water partition coefficient (Wildman–Crippen LogP) is 1.23. The molecule has 0 spiro atoms. The first-order valence-electron chi connectivity index (χ1n) is 9.32. The zero-order valence-corrected chi connectivity index (χ0v) is 17.0. The van der Waals surface area contributed by atoms with E-state index in [1.807, 2.05) is 0 Å². The molecule has 0 aromatic heterocycles. The number of benzene rings is 2. The molecule has 2 heterocycles. The number of allylic oxidation sites excluding steroid dienone is 1. The van der Waals surface area contributed by atoms with Crippen molar-refractivity contribution in [1.82, 2.24) is 0 Å². The number of likely N-dealkylation sites (N-methyl/N-ethyl adjacent to an activating group) is 1. The highest BCUT2D eigenvalue weighted by atomic mass is 35.5. The zero-order chi connectivity index (χ0) is 19.8. The smallest absolute Gasteiger partial charge is 0.231 e. The van der Waals surface area contributed by atoms with E-state index in [1.54, 1.807) is 36.4 Å². The van der Waals surface area contributed by atoms with Gasteiger partial charge < -0.3 is 19.6 Å². The first kappa shape index (κ1) is 19.3.